The summed E-state index contributed by atoms with van der Waals surface area (Å²) < 4.78 is 7.06. The maximum absolute atomic E-state index is 11.7. The topological polar surface area (TPSA) is 83.3 Å². The first-order chi connectivity index (χ1) is 12.2. The summed E-state index contributed by atoms with van der Waals surface area (Å²) in [6.45, 7) is 4.26. The van der Waals surface area contributed by atoms with Crippen molar-refractivity contribution in [2.45, 2.75) is 32.4 Å². The molecule has 1 fully saturated rings. The van der Waals surface area contributed by atoms with E-state index in [1.165, 1.54) is 0 Å². The Morgan fingerprint density at radius 1 is 1.48 bits per heavy atom. The van der Waals surface area contributed by atoms with E-state index in [1.54, 1.807) is 23.3 Å². The fourth-order valence-electron chi connectivity index (χ4n) is 2.84. The Labute approximate surface area is 150 Å². The third kappa shape index (κ3) is 4.41. The maximum Gasteiger partial charge on any atom is 0.409 e. The number of thiazole rings is 1. The van der Waals surface area contributed by atoms with Crippen molar-refractivity contribution in [1.29, 1.82) is 0 Å². The molecule has 0 unspecified atom stereocenters. The Bertz CT molecular complexity index is 703. The Morgan fingerprint density at radius 3 is 2.96 bits per heavy atom. The number of nitrogens with zero attached hydrogens (tertiary/aromatic N) is 4. The van der Waals surface area contributed by atoms with Crippen LogP contribution in [0.5, 0.6) is 0 Å². The van der Waals surface area contributed by atoms with Crippen LogP contribution in [0.4, 0.5) is 4.79 Å². The number of carbonyl (C=O) groups excluding carboxylic acids is 1. The molecule has 136 valence electrons. The summed E-state index contributed by atoms with van der Waals surface area (Å²) in [5, 5.41) is 8.74. The number of hydrogen-bond donors (Lipinski definition) is 2. The minimum absolute atomic E-state index is 0.219. The van der Waals surface area contributed by atoms with E-state index in [-0.39, 0.29) is 6.09 Å². The molecule has 3 heterocycles. The lowest BCUT2D eigenvalue weighted by atomic mass is 10.1. The van der Waals surface area contributed by atoms with E-state index >= 15 is 0 Å². The van der Waals surface area contributed by atoms with Crippen molar-refractivity contribution in [2.24, 2.45) is 4.99 Å². The third-order valence-electron chi connectivity index (χ3n) is 4.17. The Kier molecular flexibility index (Phi) is 5.75. The molecular weight excluding hydrogens is 340 g/mol. The van der Waals surface area contributed by atoms with Gasteiger partial charge in [0.2, 0.25) is 0 Å². The van der Waals surface area contributed by atoms with Crippen LogP contribution >= 0.6 is 11.3 Å². The van der Waals surface area contributed by atoms with Crippen LogP contribution in [-0.4, -0.2) is 59.1 Å². The number of fused-ring (bicyclic) bond motifs is 1. The van der Waals surface area contributed by atoms with Gasteiger partial charge in [-0.2, -0.15) is 0 Å². The first-order valence-corrected chi connectivity index (χ1v) is 9.37. The first-order valence-electron chi connectivity index (χ1n) is 8.49. The first kappa shape index (κ1) is 17.5. The molecule has 2 aromatic rings. The molecule has 0 radical (unpaired) electrons. The van der Waals surface area contributed by atoms with Crippen LogP contribution < -0.4 is 10.6 Å². The van der Waals surface area contributed by atoms with Gasteiger partial charge in [0.1, 0.15) is 0 Å². The number of aromatic nitrogens is 2. The van der Waals surface area contributed by atoms with Crippen molar-refractivity contribution < 1.29 is 9.53 Å². The number of ether oxygens (including phenoxy) is 1. The van der Waals surface area contributed by atoms with E-state index in [1.807, 2.05) is 29.1 Å². The zero-order valence-corrected chi connectivity index (χ0v) is 15.4. The molecule has 0 aliphatic carbocycles. The van der Waals surface area contributed by atoms with E-state index in [0.717, 1.165) is 29.5 Å². The number of aliphatic imine (C=N–C) groups is 1. The summed E-state index contributed by atoms with van der Waals surface area (Å²) in [7, 11) is 1.76. The highest BCUT2D eigenvalue weighted by Gasteiger charge is 2.24. The molecule has 8 nitrogen and oxygen atoms in total. The molecule has 1 saturated heterocycles. The van der Waals surface area contributed by atoms with Crippen molar-refractivity contribution in [3.8, 4) is 0 Å². The highest BCUT2D eigenvalue weighted by atomic mass is 32.1. The summed E-state index contributed by atoms with van der Waals surface area (Å²) in [4.78, 5) is 23.3. The van der Waals surface area contributed by atoms with Gasteiger partial charge >= 0.3 is 6.09 Å². The molecule has 0 aromatic carbocycles. The van der Waals surface area contributed by atoms with Crippen molar-refractivity contribution in [2.75, 3.05) is 26.7 Å². The van der Waals surface area contributed by atoms with E-state index in [2.05, 4.69) is 20.6 Å². The number of hydrogen-bond acceptors (Lipinski definition) is 5. The second-order valence-corrected chi connectivity index (χ2v) is 6.73. The van der Waals surface area contributed by atoms with Crippen LogP contribution in [0.25, 0.3) is 4.96 Å². The van der Waals surface area contributed by atoms with Gasteiger partial charge in [-0.15, -0.1) is 11.3 Å². The van der Waals surface area contributed by atoms with E-state index in [0.29, 0.717) is 32.3 Å². The summed E-state index contributed by atoms with van der Waals surface area (Å²) in [5.41, 5.74) is 0.979. The Balaban J connectivity index is 1.45. The van der Waals surface area contributed by atoms with Crippen LogP contribution in [-0.2, 0) is 11.3 Å². The summed E-state index contributed by atoms with van der Waals surface area (Å²) >= 11 is 1.62. The molecule has 0 saturated carbocycles. The van der Waals surface area contributed by atoms with Crippen LogP contribution in [0.3, 0.4) is 0 Å². The van der Waals surface area contributed by atoms with E-state index in [4.69, 9.17) is 4.74 Å². The Morgan fingerprint density at radius 2 is 2.28 bits per heavy atom. The molecule has 3 rings (SSSR count). The van der Waals surface area contributed by atoms with Gasteiger partial charge in [0.25, 0.3) is 0 Å². The second-order valence-electron chi connectivity index (χ2n) is 5.86. The van der Waals surface area contributed by atoms with Gasteiger partial charge in [-0.1, -0.05) is 0 Å². The van der Waals surface area contributed by atoms with Crippen molar-refractivity contribution in [1.82, 2.24) is 24.9 Å². The van der Waals surface area contributed by atoms with Gasteiger partial charge < -0.3 is 20.3 Å². The zero-order chi connectivity index (χ0) is 17.6. The molecule has 1 aliphatic heterocycles. The lowest BCUT2D eigenvalue weighted by Gasteiger charge is -2.32. The maximum atomic E-state index is 11.7. The van der Waals surface area contributed by atoms with E-state index < -0.39 is 0 Å². The largest absolute Gasteiger partial charge is 0.450 e. The lowest BCUT2D eigenvalue weighted by molar-refractivity contribution is 0.0963. The monoisotopic (exact) mass is 364 g/mol. The fraction of sp³-hybridized carbons (Fsp3) is 0.562. The molecule has 0 bridgehead atoms. The van der Waals surface area contributed by atoms with Crippen molar-refractivity contribution >= 4 is 28.4 Å². The van der Waals surface area contributed by atoms with Crippen LogP contribution in [0.15, 0.2) is 22.8 Å². The van der Waals surface area contributed by atoms with Crippen LogP contribution in [0.1, 0.15) is 25.5 Å². The van der Waals surface area contributed by atoms with Gasteiger partial charge in [0.05, 0.1) is 18.8 Å². The van der Waals surface area contributed by atoms with Gasteiger partial charge in [0, 0.05) is 44.0 Å². The van der Waals surface area contributed by atoms with E-state index in [9.17, 15) is 4.79 Å². The molecule has 25 heavy (non-hydrogen) atoms. The molecule has 2 N–H and O–H groups in total. The SMILES string of the molecule is CCOC(=O)N1CCC(NC(=NC)NCc2cn3ccsc3n2)CC1. The smallest absolute Gasteiger partial charge is 0.409 e. The molecular formula is C16H24N6O2S. The number of amides is 1. The number of nitrogens with one attached hydrogen (secondary N) is 2. The number of likely N-dealkylation sites (tertiary alicyclic amines) is 1. The predicted octanol–water partition coefficient (Wildman–Crippen LogP) is 1.68. The van der Waals surface area contributed by atoms with Gasteiger partial charge in [-0.3, -0.25) is 9.39 Å². The molecule has 0 spiro atoms. The summed E-state index contributed by atoms with van der Waals surface area (Å²) in [6, 6.07) is 0.294. The van der Waals surface area contributed by atoms with Gasteiger partial charge in [-0.25, -0.2) is 9.78 Å². The fourth-order valence-corrected chi connectivity index (χ4v) is 3.56. The highest BCUT2D eigenvalue weighted by Crippen LogP contribution is 2.12. The zero-order valence-electron chi connectivity index (χ0n) is 14.6. The number of piperidine rings is 1. The Hall–Kier alpha value is -2.29. The van der Waals surface area contributed by atoms with Crippen molar-refractivity contribution in [3.63, 3.8) is 0 Å². The van der Waals surface area contributed by atoms with Gasteiger partial charge in [-0.05, 0) is 19.8 Å². The summed E-state index contributed by atoms with van der Waals surface area (Å²) in [6.07, 6.45) is 5.55. The number of guanidine groups is 1. The molecule has 0 atom stereocenters. The van der Waals surface area contributed by atoms with Crippen LogP contribution in [0.2, 0.25) is 0 Å². The lowest BCUT2D eigenvalue weighted by Crippen LogP contribution is -2.49. The third-order valence-corrected chi connectivity index (χ3v) is 4.94. The summed E-state index contributed by atoms with van der Waals surface area (Å²) in [5.74, 6) is 0.755. The number of rotatable bonds is 4. The molecule has 9 heteroatoms. The minimum atomic E-state index is -0.219. The predicted molar refractivity (Wildman–Crippen MR) is 98.0 cm³/mol. The van der Waals surface area contributed by atoms with Crippen molar-refractivity contribution in [3.05, 3.63) is 23.5 Å². The standard InChI is InChI=1S/C16H24N6O2S/c1-3-24-16(23)21-6-4-12(5-7-21)19-14(17-2)18-10-13-11-22-8-9-25-15(22)20-13/h8-9,11-12H,3-7,10H2,1-2H3,(H2,17,18,19). The highest BCUT2D eigenvalue weighted by molar-refractivity contribution is 7.15. The second kappa shape index (κ2) is 8.19. The number of imidazole rings is 1. The molecule has 2 aromatic heterocycles. The average molecular weight is 364 g/mol. The molecule has 1 amide bonds. The average Bonchev–Trinajstić information content (AvgIpc) is 3.21. The number of carbonyl (C=O) groups is 1. The normalized spacial score (nSPS) is 16.2. The van der Waals surface area contributed by atoms with Gasteiger partial charge in [0.15, 0.2) is 10.9 Å². The minimum Gasteiger partial charge on any atom is -0.450 e. The molecule has 1 aliphatic rings. The quantitative estimate of drug-likeness (QED) is 0.637. The van der Waals surface area contributed by atoms with Crippen LogP contribution in [0, 0.1) is 0 Å².